The molecule has 0 aromatic rings. The van der Waals surface area contributed by atoms with Gasteiger partial charge in [0.25, 0.3) is 0 Å². The molecular weight excluding hydrogens is 246 g/mol. The van der Waals surface area contributed by atoms with Gasteiger partial charge in [0.15, 0.2) is 0 Å². The van der Waals surface area contributed by atoms with Crippen molar-refractivity contribution < 1.29 is 19.5 Å². The number of carbonyl (C=O) groups is 3. The molecule has 0 unspecified atom stereocenters. The number of hydrogen-bond donors (Lipinski definition) is 1. The van der Waals surface area contributed by atoms with Gasteiger partial charge in [0.2, 0.25) is 11.8 Å². The summed E-state index contributed by atoms with van der Waals surface area (Å²) in [5.41, 5.74) is -1.96. The quantitative estimate of drug-likeness (QED) is 0.790. The average molecular weight is 267 g/mol. The van der Waals surface area contributed by atoms with Crippen molar-refractivity contribution in [3.05, 3.63) is 0 Å². The minimum atomic E-state index is -1.36. The summed E-state index contributed by atoms with van der Waals surface area (Å²) in [6, 6.07) is 0. The van der Waals surface area contributed by atoms with Crippen LogP contribution in [0.1, 0.15) is 58.8 Å². The van der Waals surface area contributed by atoms with Gasteiger partial charge >= 0.3 is 5.97 Å². The van der Waals surface area contributed by atoms with E-state index in [1.807, 2.05) is 0 Å². The fourth-order valence-electron chi connectivity index (χ4n) is 3.63. The molecule has 0 bridgehead atoms. The number of likely N-dealkylation sites (tertiary alicyclic amines) is 1. The summed E-state index contributed by atoms with van der Waals surface area (Å²) in [5, 5.41) is 9.50. The van der Waals surface area contributed by atoms with Gasteiger partial charge in [0.05, 0.1) is 5.41 Å². The number of nitrogens with zero attached hydrogens (tertiary/aromatic N) is 1. The Hall–Kier alpha value is -1.39. The second kappa shape index (κ2) is 4.62. The molecule has 2 fully saturated rings. The van der Waals surface area contributed by atoms with Crippen LogP contribution >= 0.6 is 0 Å². The molecule has 0 aromatic heterocycles. The van der Waals surface area contributed by atoms with Gasteiger partial charge in [-0.3, -0.25) is 14.5 Å². The zero-order valence-corrected chi connectivity index (χ0v) is 11.6. The molecule has 2 aliphatic rings. The van der Waals surface area contributed by atoms with Gasteiger partial charge in [-0.1, -0.05) is 26.7 Å². The number of imide groups is 1. The maximum absolute atomic E-state index is 12.7. The topological polar surface area (TPSA) is 74.7 Å². The van der Waals surface area contributed by atoms with Gasteiger partial charge in [-0.25, -0.2) is 4.79 Å². The molecule has 1 spiro atoms. The van der Waals surface area contributed by atoms with Crippen LogP contribution in [0.3, 0.4) is 0 Å². The van der Waals surface area contributed by atoms with E-state index in [1.165, 1.54) is 0 Å². The first kappa shape index (κ1) is 14.0. The molecule has 2 rings (SSSR count). The summed E-state index contributed by atoms with van der Waals surface area (Å²) in [7, 11) is 0. The Morgan fingerprint density at radius 1 is 1.26 bits per heavy atom. The zero-order valence-electron chi connectivity index (χ0n) is 11.6. The van der Waals surface area contributed by atoms with E-state index >= 15 is 0 Å². The standard InChI is InChI=1S/C14H21NO4/c1-3-14(4-2,12(18)19)15-10(16)9-13(11(15)17)7-5-6-8-13/h3-9H2,1-2H3,(H,18,19). The number of hydrogen-bond acceptors (Lipinski definition) is 3. The van der Waals surface area contributed by atoms with Gasteiger partial charge in [-0.15, -0.1) is 0 Å². The summed E-state index contributed by atoms with van der Waals surface area (Å²) in [6.07, 6.45) is 4.05. The Kier molecular flexibility index (Phi) is 3.41. The molecule has 0 aromatic carbocycles. The lowest BCUT2D eigenvalue weighted by atomic mass is 9.84. The summed E-state index contributed by atoms with van der Waals surface area (Å²) in [5.74, 6) is -1.63. The van der Waals surface area contributed by atoms with E-state index in [0.29, 0.717) is 0 Å². The van der Waals surface area contributed by atoms with Crippen LogP contribution in [0, 0.1) is 5.41 Å². The van der Waals surface area contributed by atoms with Crippen LogP contribution < -0.4 is 0 Å². The summed E-state index contributed by atoms with van der Waals surface area (Å²) in [4.78, 5) is 37.6. The van der Waals surface area contributed by atoms with E-state index in [-0.39, 0.29) is 31.1 Å². The Balaban J connectivity index is 2.41. The number of carboxylic acids is 1. The van der Waals surface area contributed by atoms with Gasteiger partial charge < -0.3 is 5.11 Å². The van der Waals surface area contributed by atoms with Gasteiger partial charge in [-0.05, 0) is 25.7 Å². The monoisotopic (exact) mass is 267 g/mol. The van der Waals surface area contributed by atoms with E-state index < -0.39 is 16.9 Å². The molecule has 1 aliphatic carbocycles. The number of aliphatic carboxylic acids is 1. The van der Waals surface area contributed by atoms with E-state index in [2.05, 4.69) is 0 Å². The minimum Gasteiger partial charge on any atom is -0.479 e. The minimum absolute atomic E-state index is 0.195. The Morgan fingerprint density at radius 3 is 2.21 bits per heavy atom. The molecule has 19 heavy (non-hydrogen) atoms. The first-order valence-electron chi connectivity index (χ1n) is 7.04. The highest BCUT2D eigenvalue weighted by atomic mass is 16.4. The Bertz CT molecular complexity index is 419. The molecule has 1 saturated heterocycles. The number of amides is 2. The number of rotatable bonds is 4. The fourth-order valence-corrected chi connectivity index (χ4v) is 3.63. The van der Waals surface area contributed by atoms with Crippen LogP contribution in [0.25, 0.3) is 0 Å². The highest BCUT2D eigenvalue weighted by Gasteiger charge is 2.59. The van der Waals surface area contributed by atoms with Crippen LogP contribution in [0.2, 0.25) is 0 Å². The Labute approximate surface area is 113 Å². The van der Waals surface area contributed by atoms with E-state index in [4.69, 9.17) is 0 Å². The molecule has 1 heterocycles. The van der Waals surface area contributed by atoms with Crippen molar-refractivity contribution in [1.29, 1.82) is 0 Å². The summed E-state index contributed by atoms with van der Waals surface area (Å²) >= 11 is 0. The molecular formula is C14H21NO4. The second-order valence-corrected chi connectivity index (χ2v) is 5.74. The molecule has 2 amide bonds. The van der Waals surface area contributed by atoms with E-state index in [9.17, 15) is 19.5 Å². The van der Waals surface area contributed by atoms with Crippen LogP contribution in [-0.2, 0) is 14.4 Å². The molecule has 1 saturated carbocycles. The van der Waals surface area contributed by atoms with Gasteiger partial charge in [0, 0.05) is 6.42 Å². The molecule has 5 nitrogen and oxygen atoms in total. The summed E-state index contributed by atoms with van der Waals surface area (Å²) < 4.78 is 0. The van der Waals surface area contributed by atoms with Gasteiger partial charge in [-0.2, -0.15) is 0 Å². The number of carboxylic acid groups (broad SMARTS) is 1. The predicted octanol–water partition coefficient (Wildman–Crippen LogP) is 1.95. The second-order valence-electron chi connectivity index (χ2n) is 5.74. The van der Waals surface area contributed by atoms with Crippen LogP contribution in [0.4, 0.5) is 0 Å². The third kappa shape index (κ3) is 1.78. The fraction of sp³-hybridized carbons (Fsp3) is 0.786. The molecule has 5 heteroatoms. The lowest BCUT2D eigenvalue weighted by molar-refractivity contribution is -0.165. The molecule has 0 radical (unpaired) electrons. The molecule has 106 valence electrons. The van der Waals surface area contributed by atoms with Crippen molar-refractivity contribution in [2.75, 3.05) is 0 Å². The first-order chi connectivity index (χ1) is 8.93. The number of carbonyl (C=O) groups excluding carboxylic acids is 2. The normalized spacial score (nSPS) is 22.5. The van der Waals surface area contributed by atoms with Gasteiger partial charge in [0.1, 0.15) is 5.54 Å². The largest absolute Gasteiger partial charge is 0.479 e. The van der Waals surface area contributed by atoms with Crippen LogP contribution in [-0.4, -0.2) is 33.3 Å². The molecule has 1 N–H and O–H groups in total. The van der Waals surface area contributed by atoms with Crippen LogP contribution in [0.5, 0.6) is 0 Å². The van der Waals surface area contributed by atoms with Crippen LogP contribution in [0.15, 0.2) is 0 Å². The highest BCUT2D eigenvalue weighted by Crippen LogP contribution is 2.49. The van der Waals surface area contributed by atoms with E-state index in [1.54, 1.807) is 13.8 Å². The smallest absolute Gasteiger partial charge is 0.330 e. The third-order valence-electron chi connectivity index (χ3n) is 4.95. The predicted molar refractivity (Wildman–Crippen MR) is 68.3 cm³/mol. The van der Waals surface area contributed by atoms with Crippen molar-refractivity contribution in [1.82, 2.24) is 4.90 Å². The SMILES string of the molecule is CCC(CC)(C(=O)O)N1C(=O)CC2(CCCC2)C1=O. The zero-order chi connectivity index (χ0) is 14.3. The maximum atomic E-state index is 12.7. The van der Waals surface area contributed by atoms with Crippen molar-refractivity contribution in [2.24, 2.45) is 5.41 Å². The molecule has 1 aliphatic heterocycles. The van der Waals surface area contributed by atoms with E-state index in [0.717, 1.165) is 30.6 Å². The average Bonchev–Trinajstić information content (AvgIpc) is 2.92. The summed E-state index contributed by atoms with van der Waals surface area (Å²) in [6.45, 7) is 3.44. The first-order valence-corrected chi connectivity index (χ1v) is 7.04. The Morgan fingerprint density at radius 2 is 1.79 bits per heavy atom. The van der Waals surface area contributed by atoms with Crippen molar-refractivity contribution in [3.8, 4) is 0 Å². The molecule has 0 atom stereocenters. The van der Waals surface area contributed by atoms with Crippen molar-refractivity contribution >= 4 is 17.8 Å². The lowest BCUT2D eigenvalue weighted by Gasteiger charge is -2.36. The van der Waals surface area contributed by atoms with Crippen molar-refractivity contribution in [3.63, 3.8) is 0 Å². The lowest BCUT2D eigenvalue weighted by Crippen LogP contribution is -2.57. The maximum Gasteiger partial charge on any atom is 0.330 e. The van der Waals surface area contributed by atoms with Crippen molar-refractivity contribution in [2.45, 2.75) is 64.3 Å². The highest BCUT2D eigenvalue weighted by molar-refractivity contribution is 6.09. The third-order valence-corrected chi connectivity index (χ3v) is 4.95.